The molecule has 0 aliphatic heterocycles. The lowest BCUT2D eigenvalue weighted by atomic mass is 9.84. The summed E-state index contributed by atoms with van der Waals surface area (Å²) in [7, 11) is 0. The van der Waals surface area contributed by atoms with Crippen LogP contribution in [0.3, 0.4) is 0 Å². The predicted octanol–water partition coefficient (Wildman–Crippen LogP) is 3.82. The highest BCUT2D eigenvalue weighted by Crippen LogP contribution is 2.28. The Morgan fingerprint density at radius 3 is 2.80 bits per heavy atom. The second-order valence-corrected chi connectivity index (χ2v) is 4.05. The van der Waals surface area contributed by atoms with Crippen molar-refractivity contribution in [1.29, 1.82) is 0 Å². The number of hydrogen-bond acceptors (Lipinski definition) is 1. The summed E-state index contributed by atoms with van der Waals surface area (Å²) in [5, 5.41) is 0. The highest BCUT2D eigenvalue weighted by atomic mass is 16.1. The van der Waals surface area contributed by atoms with Crippen molar-refractivity contribution in [3.05, 3.63) is 37.0 Å². The Morgan fingerprint density at radius 1 is 1.47 bits per heavy atom. The Kier molecular flexibility index (Phi) is 5.09. The molecular formula is C14H20O. The SMILES string of the molecule is C=CCCC(C(=O)C=C)C1=CCCCC1. The van der Waals surface area contributed by atoms with Crippen molar-refractivity contribution in [1.82, 2.24) is 0 Å². The Morgan fingerprint density at radius 2 is 2.27 bits per heavy atom. The second kappa shape index (κ2) is 6.39. The quantitative estimate of drug-likeness (QED) is 0.475. The minimum Gasteiger partial charge on any atom is -0.294 e. The molecule has 0 N–H and O–H groups in total. The average molecular weight is 204 g/mol. The van der Waals surface area contributed by atoms with Gasteiger partial charge in [-0.25, -0.2) is 0 Å². The van der Waals surface area contributed by atoms with Crippen molar-refractivity contribution in [3.63, 3.8) is 0 Å². The van der Waals surface area contributed by atoms with Crippen molar-refractivity contribution in [2.45, 2.75) is 38.5 Å². The fraction of sp³-hybridized carbons (Fsp3) is 0.500. The van der Waals surface area contributed by atoms with Gasteiger partial charge in [-0.1, -0.05) is 24.3 Å². The maximum Gasteiger partial charge on any atom is 0.162 e. The molecule has 0 aromatic carbocycles. The molecule has 0 heterocycles. The van der Waals surface area contributed by atoms with E-state index >= 15 is 0 Å². The molecule has 0 spiro atoms. The predicted molar refractivity (Wildman–Crippen MR) is 64.7 cm³/mol. The maximum absolute atomic E-state index is 11.7. The van der Waals surface area contributed by atoms with E-state index in [1.54, 1.807) is 0 Å². The van der Waals surface area contributed by atoms with E-state index in [2.05, 4.69) is 19.2 Å². The van der Waals surface area contributed by atoms with Gasteiger partial charge in [0.25, 0.3) is 0 Å². The molecule has 0 bridgehead atoms. The summed E-state index contributed by atoms with van der Waals surface area (Å²) in [5.41, 5.74) is 1.33. The first-order valence-electron chi connectivity index (χ1n) is 5.75. The molecule has 1 rings (SSSR count). The highest BCUT2D eigenvalue weighted by molar-refractivity contribution is 5.93. The topological polar surface area (TPSA) is 17.1 Å². The molecular weight excluding hydrogens is 184 g/mol. The Labute approximate surface area is 92.6 Å². The van der Waals surface area contributed by atoms with Crippen molar-refractivity contribution >= 4 is 5.78 Å². The summed E-state index contributed by atoms with van der Waals surface area (Å²) in [6.45, 7) is 7.29. The standard InChI is InChI=1S/C14H20O/c1-3-5-11-13(14(15)4-2)12-9-7-6-8-10-12/h3-4,9,13H,1-2,5-8,10-11H2. The van der Waals surface area contributed by atoms with Gasteiger partial charge in [-0.15, -0.1) is 6.58 Å². The summed E-state index contributed by atoms with van der Waals surface area (Å²) >= 11 is 0. The van der Waals surface area contributed by atoms with Crippen molar-refractivity contribution < 1.29 is 4.79 Å². The van der Waals surface area contributed by atoms with E-state index < -0.39 is 0 Å². The van der Waals surface area contributed by atoms with Crippen LogP contribution in [0.2, 0.25) is 0 Å². The lowest BCUT2D eigenvalue weighted by molar-refractivity contribution is -0.117. The van der Waals surface area contributed by atoms with Gasteiger partial charge in [0.15, 0.2) is 5.78 Å². The van der Waals surface area contributed by atoms with Gasteiger partial charge in [-0.2, -0.15) is 0 Å². The van der Waals surface area contributed by atoms with E-state index in [9.17, 15) is 4.79 Å². The molecule has 82 valence electrons. The van der Waals surface area contributed by atoms with Crippen molar-refractivity contribution in [3.8, 4) is 0 Å². The molecule has 15 heavy (non-hydrogen) atoms. The lowest BCUT2D eigenvalue weighted by Gasteiger charge is -2.20. The molecule has 1 unspecified atom stereocenters. The van der Waals surface area contributed by atoms with E-state index in [1.165, 1.54) is 24.5 Å². The van der Waals surface area contributed by atoms with E-state index in [0.717, 1.165) is 25.7 Å². The van der Waals surface area contributed by atoms with Crippen LogP contribution in [0, 0.1) is 5.92 Å². The van der Waals surface area contributed by atoms with Crippen LogP contribution in [0.25, 0.3) is 0 Å². The van der Waals surface area contributed by atoms with E-state index in [4.69, 9.17) is 0 Å². The zero-order valence-electron chi connectivity index (χ0n) is 9.37. The third kappa shape index (κ3) is 3.50. The molecule has 1 aliphatic rings. The van der Waals surface area contributed by atoms with Gasteiger partial charge in [0.1, 0.15) is 0 Å². The number of carbonyl (C=O) groups is 1. The molecule has 0 amide bonds. The average Bonchev–Trinajstić information content (AvgIpc) is 2.30. The summed E-state index contributed by atoms with van der Waals surface area (Å²) in [4.78, 5) is 11.7. The van der Waals surface area contributed by atoms with Crippen molar-refractivity contribution in [2.24, 2.45) is 5.92 Å². The number of allylic oxidation sites excluding steroid dienone is 4. The molecule has 1 atom stereocenters. The van der Waals surface area contributed by atoms with E-state index in [0.29, 0.717) is 0 Å². The largest absolute Gasteiger partial charge is 0.294 e. The smallest absolute Gasteiger partial charge is 0.162 e. The van der Waals surface area contributed by atoms with Crippen LogP contribution >= 0.6 is 0 Å². The molecule has 1 heteroatoms. The molecule has 0 fully saturated rings. The van der Waals surface area contributed by atoms with Crippen LogP contribution in [0.15, 0.2) is 37.0 Å². The third-order valence-corrected chi connectivity index (χ3v) is 2.98. The number of hydrogen-bond donors (Lipinski definition) is 0. The van der Waals surface area contributed by atoms with E-state index in [-0.39, 0.29) is 11.7 Å². The van der Waals surface area contributed by atoms with Gasteiger partial charge >= 0.3 is 0 Å². The van der Waals surface area contributed by atoms with Gasteiger partial charge < -0.3 is 0 Å². The first kappa shape index (κ1) is 12.0. The van der Waals surface area contributed by atoms with Gasteiger partial charge in [0, 0.05) is 5.92 Å². The van der Waals surface area contributed by atoms with E-state index in [1.807, 2.05) is 6.08 Å². The Balaban J connectivity index is 2.69. The number of rotatable bonds is 6. The van der Waals surface area contributed by atoms with Crippen LogP contribution in [0.1, 0.15) is 38.5 Å². The molecule has 0 aromatic heterocycles. The molecule has 1 aliphatic carbocycles. The van der Waals surface area contributed by atoms with Gasteiger partial charge in [0.05, 0.1) is 0 Å². The van der Waals surface area contributed by atoms with Crippen LogP contribution in [0.4, 0.5) is 0 Å². The summed E-state index contributed by atoms with van der Waals surface area (Å²) < 4.78 is 0. The Hall–Kier alpha value is -1.11. The highest BCUT2D eigenvalue weighted by Gasteiger charge is 2.20. The number of carbonyl (C=O) groups excluding carboxylic acids is 1. The molecule has 0 saturated heterocycles. The van der Waals surface area contributed by atoms with Gasteiger partial charge in [-0.3, -0.25) is 4.79 Å². The van der Waals surface area contributed by atoms with Crippen LogP contribution in [-0.4, -0.2) is 5.78 Å². The van der Waals surface area contributed by atoms with Gasteiger partial charge in [0.2, 0.25) is 0 Å². The molecule has 1 nitrogen and oxygen atoms in total. The minimum absolute atomic E-state index is 0.0702. The third-order valence-electron chi connectivity index (χ3n) is 2.98. The lowest BCUT2D eigenvalue weighted by Crippen LogP contribution is -2.16. The molecule has 0 saturated carbocycles. The molecule has 0 radical (unpaired) electrons. The van der Waals surface area contributed by atoms with Crippen LogP contribution in [-0.2, 0) is 4.79 Å². The normalized spacial score (nSPS) is 17.7. The molecule has 0 aromatic rings. The van der Waals surface area contributed by atoms with Gasteiger partial charge in [-0.05, 0) is 44.6 Å². The summed E-state index contributed by atoms with van der Waals surface area (Å²) in [5.74, 6) is 0.241. The maximum atomic E-state index is 11.7. The Bertz CT molecular complexity index is 273. The number of ketones is 1. The second-order valence-electron chi connectivity index (χ2n) is 4.05. The zero-order valence-corrected chi connectivity index (χ0v) is 9.37. The zero-order chi connectivity index (χ0) is 11.1. The minimum atomic E-state index is 0.0702. The first-order chi connectivity index (χ1) is 7.29. The summed E-state index contributed by atoms with van der Waals surface area (Å²) in [6, 6.07) is 0. The van der Waals surface area contributed by atoms with Crippen LogP contribution < -0.4 is 0 Å². The monoisotopic (exact) mass is 204 g/mol. The van der Waals surface area contributed by atoms with Crippen molar-refractivity contribution in [2.75, 3.05) is 0 Å². The first-order valence-corrected chi connectivity index (χ1v) is 5.75. The summed E-state index contributed by atoms with van der Waals surface area (Å²) in [6.07, 6.45) is 12.1. The van der Waals surface area contributed by atoms with Crippen LogP contribution in [0.5, 0.6) is 0 Å². The fourth-order valence-electron chi connectivity index (χ4n) is 2.12. The fourth-order valence-corrected chi connectivity index (χ4v) is 2.12.